The van der Waals surface area contributed by atoms with Crippen LogP contribution in [0.2, 0.25) is 0 Å². The largest absolute Gasteiger partial charge is 0.420 e. The molecule has 0 aliphatic carbocycles. The number of aromatic nitrogens is 2. The van der Waals surface area contributed by atoms with E-state index in [4.69, 9.17) is 0 Å². The van der Waals surface area contributed by atoms with Gasteiger partial charge in [0.2, 0.25) is 0 Å². The summed E-state index contributed by atoms with van der Waals surface area (Å²) >= 11 is 0. The fourth-order valence-corrected chi connectivity index (χ4v) is 1.26. The average molecular weight is 220 g/mol. The Morgan fingerprint density at radius 1 is 1.44 bits per heavy atom. The molecule has 0 aliphatic heterocycles. The fraction of sp³-hybridized carbons (Fsp3) is 0. The van der Waals surface area contributed by atoms with Gasteiger partial charge in [-0.05, 0) is 18.2 Å². The highest BCUT2D eigenvalue weighted by atomic mass is 16.6. The smallest absolute Gasteiger partial charge is 0.359 e. The first-order valence-electron chi connectivity index (χ1n) is 4.36. The highest BCUT2D eigenvalue weighted by Crippen LogP contribution is 2.16. The van der Waals surface area contributed by atoms with Crippen molar-refractivity contribution in [1.29, 1.82) is 0 Å². The molecule has 0 saturated heterocycles. The van der Waals surface area contributed by atoms with Gasteiger partial charge in [-0.25, -0.2) is 9.59 Å². The number of hydrogen-bond acceptors (Lipinski definition) is 4. The van der Waals surface area contributed by atoms with Gasteiger partial charge in [0.25, 0.3) is 0 Å². The predicted molar refractivity (Wildman–Crippen MR) is 55.8 cm³/mol. The normalized spacial score (nSPS) is 10.0. The number of anilines is 1. The highest BCUT2D eigenvalue weighted by molar-refractivity contribution is 5.94. The van der Waals surface area contributed by atoms with Crippen molar-refractivity contribution < 1.29 is 14.3 Å². The van der Waals surface area contributed by atoms with E-state index in [-0.39, 0.29) is 0 Å². The van der Waals surface area contributed by atoms with Gasteiger partial charge < -0.3 is 10.5 Å². The molecular formula is C9H8N4O3. The van der Waals surface area contributed by atoms with Crippen molar-refractivity contribution in [2.45, 2.75) is 0 Å². The zero-order chi connectivity index (χ0) is 11.5. The lowest BCUT2D eigenvalue weighted by Crippen LogP contribution is -2.22. The number of carbonyl (C=O) groups excluding carboxylic acids is 2. The molecule has 16 heavy (non-hydrogen) atoms. The maximum atomic E-state index is 11.0. The van der Waals surface area contributed by atoms with Gasteiger partial charge in [-0.1, -0.05) is 0 Å². The summed E-state index contributed by atoms with van der Waals surface area (Å²) in [7, 11) is 0. The number of ether oxygens (including phenoxy) is 1. The predicted octanol–water partition coefficient (Wildman–Crippen LogP) is 1.19. The molecule has 2 rings (SSSR count). The van der Waals surface area contributed by atoms with Gasteiger partial charge in [-0.3, -0.25) is 10.4 Å². The number of nitrogens with zero attached hydrogens (tertiary/aromatic N) is 1. The molecule has 0 fully saturated rings. The van der Waals surface area contributed by atoms with Crippen molar-refractivity contribution >= 4 is 28.8 Å². The Kier molecular flexibility index (Phi) is 2.42. The zero-order valence-electron chi connectivity index (χ0n) is 8.06. The van der Waals surface area contributed by atoms with Crippen LogP contribution in [0.5, 0.6) is 0 Å². The van der Waals surface area contributed by atoms with Gasteiger partial charge in [-0.2, -0.15) is 5.10 Å². The Labute approximate surface area is 89.6 Å². The number of carbonyl (C=O) groups is 2. The molecule has 82 valence electrons. The van der Waals surface area contributed by atoms with E-state index in [9.17, 15) is 9.59 Å². The summed E-state index contributed by atoms with van der Waals surface area (Å²) in [5.41, 5.74) is 6.01. The molecule has 2 amide bonds. The molecule has 1 heterocycles. The summed E-state index contributed by atoms with van der Waals surface area (Å²) in [5.74, 6) is 0. The lowest BCUT2D eigenvalue weighted by Gasteiger charge is -2.03. The second-order valence-corrected chi connectivity index (χ2v) is 3.01. The van der Waals surface area contributed by atoms with Crippen LogP contribution in [-0.2, 0) is 4.74 Å². The molecule has 0 radical (unpaired) electrons. The maximum absolute atomic E-state index is 11.0. The van der Waals surface area contributed by atoms with E-state index in [1.807, 2.05) is 0 Å². The van der Waals surface area contributed by atoms with E-state index >= 15 is 0 Å². The summed E-state index contributed by atoms with van der Waals surface area (Å²) in [4.78, 5) is 21.3. The Morgan fingerprint density at radius 3 is 3.00 bits per heavy atom. The van der Waals surface area contributed by atoms with Gasteiger partial charge in [0.1, 0.15) is 0 Å². The Balaban J connectivity index is 2.14. The first-order chi connectivity index (χ1) is 7.65. The first-order valence-corrected chi connectivity index (χ1v) is 4.36. The fourth-order valence-electron chi connectivity index (χ4n) is 1.26. The minimum absolute atomic E-state index is 0.486. The van der Waals surface area contributed by atoms with Crippen LogP contribution in [0.25, 0.3) is 10.9 Å². The van der Waals surface area contributed by atoms with Gasteiger partial charge in [0.05, 0.1) is 11.7 Å². The van der Waals surface area contributed by atoms with Crippen LogP contribution in [0, 0.1) is 0 Å². The third kappa shape index (κ3) is 2.08. The summed E-state index contributed by atoms with van der Waals surface area (Å²) in [6.45, 7) is 0. The second kappa shape index (κ2) is 3.89. The Hall–Kier alpha value is -2.57. The number of rotatable bonds is 1. The van der Waals surface area contributed by atoms with Crippen molar-refractivity contribution in [3.63, 3.8) is 0 Å². The molecule has 7 heteroatoms. The van der Waals surface area contributed by atoms with Crippen LogP contribution in [0.4, 0.5) is 15.3 Å². The monoisotopic (exact) mass is 220 g/mol. The van der Waals surface area contributed by atoms with Crippen molar-refractivity contribution in [1.82, 2.24) is 10.2 Å². The van der Waals surface area contributed by atoms with Crippen LogP contribution in [-0.4, -0.2) is 22.4 Å². The van der Waals surface area contributed by atoms with Crippen molar-refractivity contribution in [3.8, 4) is 0 Å². The summed E-state index contributed by atoms with van der Waals surface area (Å²) in [6.07, 6.45) is -0.461. The van der Waals surface area contributed by atoms with Gasteiger partial charge >= 0.3 is 12.2 Å². The number of amides is 2. The third-order valence-corrected chi connectivity index (χ3v) is 1.88. The van der Waals surface area contributed by atoms with Crippen molar-refractivity contribution in [2.75, 3.05) is 5.32 Å². The molecule has 0 saturated carbocycles. The summed E-state index contributed by atoms with van der Waals surface area (Å²) in [6, 6.07) is 5.06. The molecule has 1 aromatic heterocycles. The van der Waals surface area contributed by atoms with E-state index in [0.29, 0.717) is 5.69 Å². The molecule has 0 unspecified atom stereocenters. The number of nitrogens with two attached hydrogens (primary N) is 1. The van der Waals surface area contributed by atoms with Gasteiger partial charge in [0, 0.05) is 11.1 Å². The molecule has 1 aromatic carbocycles. The number of nitrogens with one attached hydrogen (secondary N) is 2. The van der Waals surface area contributed by atoms with Crippen LogP contribution in [0.1, 0.15) is 0 Å². The highest BCUT2D eigenvalue weighted by Gasteiger charge is 2.07. The lowest BCUT2D eigenvalue weighted by molar-refractivity contribution is 0.167. The quantitative estimate of drug-likeness (QED) is 0.627. The van der Waals surface area contributed by atoms with E-state index in [1.54, 1.807) is 24.4 Å². The van der Waals surface area contributed by atoms with Crippen LogP contribution in [0.3, 0.4) is 0 Å². The lowest BCUT2D eigenvalue weighted by atomic mass is 10.2. The molecule has 7 nitrogen and oxygen atoms in total. The topological polar surface area (TPSA) is 110 Å². The maximum Gasteiger partial charge on any atom is 0.420 e. The van der Waals surface area contributed by atoms with E-state index in [1.165, 1.54) is 0 Å². The number of primary amides is 1. The van der Waals surface area contributed by atoms with Crippen molar-refractivity contribution in [2.24, 2.45) is 5.73 Å². The Bertz CT molecular complexity index is 548. The van der Waals surface area contributed by atoms with Crippen LogP contribution in [0.15, 0.2) is 24.4 Å². The average Bonchev–Trinajstić information content (AvgIpc) is 2.63. The third-order valence-electron chi connectivity index (χ3n) is 1.88. The summed E-state index contributed by atoms with van der Waals surface area (Å²) in [5, 5.41) is 9.77. The molecule has 0 bridgehead atoms. The molecule has 0 aliphatic rings. The molecule has 2 aromatic rings. The zero-order valence-corrected chi connectivity index (χ0v) is 8.06. The van der Waals surface area contributed by atoms with E-state index < -0.39 is 12.2 Å². The minimum Gasteiger partial charge on any atom is -0.359 e. The first kappa shape index (κ1) is 9.97. The molecule has 0 spiro atoms. The standard InChI is InChI=1S/C9H8N4O3/c10-8(14)16-9(15)12-6-1-2-7-5(3-6)4-11-13-7/h1-4H,(H2,10,14)(H,11,13)(H,12,15). The van der Waals surface area contributed by atoms with Gasteiger partial charge in [-0.15, -0.1) is 0 Å². The summed E-state index contributed by atoms with van der Waals surface area (Å²) < 4.78 is 4.11. The van der Waals surface area contributed by atoms with Crippen LogP contribution >= 0.6 is 0 Å². The molecule has 0 atom stereocenters. The van der Waals surface area contributed by atoms with Crippen molar-refractivity contribution in [3.05, 3.63) is 24.4 Å². The SMILES string of the molecule is NC(=O)OC(=O)Nc1ccc2[nH]ncc2c1. The van der Waals surface area contributed by atoms with E-state index in [2.05, 4.69) is 26.0 Å². The van der Waals surface area contributed by atoms with Gasteiger partial charge in [0.15, 0.2) is 0 Å². The minimum atomic E-state index is -1.15. The second-order valence-electron chi connectivity index (χ2n) is 3.01. The number of H-pyrrole nitrogens is 1. The van der Waals surface area contributed by atoms with Crippen LogP contribution < -0.4 is 11.1 Å². The molecule has 4 N–H and O–H groups in total. The molecular weight excluding hydrogens is 212 g/mol. The number of aromatic amines is 1. The van der Waals surface area contributed by atoms with E-state index in [0.717, 1.165) is 10.9 Å². The Morgan fingerprint density at radius 2 is 2.25 bits per heavy atom. The number of fused-ring (bicyclic) bond motifs is 1. The number of benzene rings is 1. The number of hydrogen-bond donors (Lipinski definition) is 3.